The Balaban J connectivity index is 1.89. The van der Waals surface area contributed by atoms with Crippen molar-refractivity contribution in [2.45, 2.75) is 26.1 Å². The molecule has 4 heteroatoms. The van der Waals surface area contributed by atoms with E-state index in [4.69, 9.17) is 9.47 Å². The fraction of sp³-hybridized carbons (Fsp3) is 0.600. The van der Waals surface area contributed by atoms with Gasteiger partial charge in [-0.3, -0.25) is 4.90 Å². The van der Waals surface area contributed by atoms with Gasteiger partial charge in [-0.25, -0.2) is 0 Å². The molecule has 2 rings (SSSR count). The van der Waals surface area contributed by atoms with Crippen LogP contribution >= 0.6 is 0 Å². The molecule has 4 nitrogen and oxygen atoms in total. The first-order valence-electron chi connectivity index (χ1n) is 6.94. The summed E-state index contributed by atoms with van der Waals surface area (Å²) in [4.78, 5) is 2.25. The van der Waals surface area contributed by atoms with E-state index in [1.54, 1.807) is 0 Å². The van der Waals surface area contributed by atoms with Gasteiger partial charge in [-0.2, -0.15) is 0 Å². The number of aliphatic hydroxyl groups is 1. The number of aliphatic hydroxyl groups excluding tert-OH is 1. The molecule has 0 radical (unpaired) electrons. The lowest BCUT2D eigenvalue weighted by Gasteiger charge is -2.32. The maximum Gasteiger partial charge on any atom is 0.119 e. The second-order valence-electron chi connectivity index (χ2n) is 4.96. The van der Waals surface area contributed by atoms with Crippen LogP contribution in [0.3, 0.4) is 0 Å². The molecule has 0 amide bonds. The summed E-state index contributed by atoms with van der Waals surface area (Å²) in [6.45, 7) is 7.86. The second-order valence-corrected chi connectivity index (χ2v) is 4.96. The maximum absolute atomic E-state index is 10.3. The van der Waals surface area contributed by atoms with Crippen molar-refractivity contribution in [1.82, 2.24) is 4.90 Å². The van der Waals surface area contributed by atoms with Crippen molar-refractivity contribution in [2.75, 3.05) is 32.8 Å². The molecule has 1 aromatic rings. The van der Waals surface area contributed by atoms with Gasteiger partial charge < -0.3 is 14.6 Å². The van der Waals surface area contributed by atoms with E-state index in [0.717, 1.165) is 31.0 Å². The van der Waals surface area contributed by atoms with Crippen molar-refractivity contribution in [3.63, 3.8) is 0 Å². The quantitative estimate of drug-likeness (QED) is 0.882. The highest BCUT2D eigenvalue weighted by Crippen LogP contribution is 2.19. The molecule has 0 saturated carbocycles. The Bertz CT molecular complexity index is 379. The first-order chi connectivity index (χ1) is 9.19. The first-order valence-corrected chi connectivity index (χ1v) is 6.94. The van der Waals surface area contributed by atoms with E-state index in [0.29, 0.717) is 13.2 Å². The van der Waals surface area contributed by atoms with Crippen LogP contribution in [0.4, 0.5) is 0 Å². The molecule has 0 spiro atoms. The molecule has 2 atom stereocenters. The molecular formula is C15H23NO3. The van der Waals surface area contributed by atoms with Crippen LogP contribution in [-0.4, -0.2) is 49.0 Å². The van der Waals surface area contributed by atoms with Crippen molar-refractivity contribution < 1.29 is 14.6 Å². The molecule has 0 aliphatic carbocycles. The van der Waals surface area contributed by atoms with Crippen LogP contribution in [0, 0.1) is 0 Å². The van der Waals surface area contributed by atoms with Gasteiger partial charge in [0.05, 0.1) is 25.4 Å². The van der Waals surface area contributed by atoms with Crippen molar-refractivity contribution >= 4 is 0 Å². The summed E-state index contributed by atoms with van der Waals surface area (Å²) in [6.07, 6.45) is -0.206. The molecule has 1 fully saturated rings. The number of morpholine rings is 1. The van der Waals surface area contributed by atoms with Crippen LogP contribution in [-0.2, 0) is 4.74 Å². The number of β-amino-alcohol motifs (C(OH)–C–C–N with tert-alkyl or cyclic N) is 1. The Hall–Kier alpha value is -1.10. The normalized spacial score (nSPS) is 22.2. The second kappa shape index (κ2) is 6.89. The lowest BCUT2D eigenvalue weighted by molar-refractivity contribution is -0.0319. The molecule has 1 heterocycles. The molecule has 1 aliphatic rings. The predicted octanol–water partition coefficient (Wildman–Crippen LogP) is 1.84. The monoisotopic (exact) mass is 265 g/mol. The van der Waals surface area contributed by atoms with Gasteiger partial charge in [-0.05, 0) is 31.5 Å². The molecule has 106 valence electrons. The molecule has 1 aromatic carbocycles. The molecular weight excluding hydrogens is 242 g/mol. The number of nitrogens with zero attached hydrogens (tertiary/aromatic N) is 1. The Kier molecular flexibility index (Phi) is 5.19. The highest BCUT2D eigenvalue weighted by Gasteiger charge is 2.19. The van der Waals surface area contributed by atoms with Crippen molar-refractivity contribution in [1.29, 1.82) is 0 Å². The summed E-state index contributed by atoms with van der Waals surface area (Å²) in [5.41, 5.74) is 0.933. The number of rotatable bonds is 5. The lowest BCUT2D eigenvalue weighted by atomic mass is 10.1. The third-order valence-corrected chi connectivity index (χ3v) is 3.33. The topological polar surface area (TPSA) is 41.9 Å². The number of benzene rings is 1. The Morgan fingerprint density at radius 2 is 2.16 bits per heavy atom. The predicted molar refractivity (Wildman–Crippen MR) is 74.4 cm³/mol. The van der Waals surface area contributed by atoms with Crippen LogP contribution in [0.15, 0.2) is 24.3 Å². The largest absolute Gasteiger partial charge is 0.494 e. The van der Waals surface area contributed by atoms with Gasteiger partial charge in [-0.15, -0.1) is 0 Å². The van der Waals surface area contributed by atoms with E-state index >= 15 is 0 Å². The fourth-order valence-electron chi connectivity index (χ4n) is 2.36. The summed E-state index contributed by atoms with van der Waals surface area (Å²) in [7, 11) is 0. The number of hydrogen-bond acceptors (Lipinski definition) is 4. The van der Waals surface area contributed by atoms with Gasteiger partial charge in [0.25, 0.3) is 0 Å². The highest BCUT2D eigenvalue weighted by atomic mass is 16.5. The summed E-state index contributed by atoms with van der Waals surface area (Å²) >= 11 is 0. The molecule has 1 N–H and O–H groups in total. The lowest BCUT2D eigenvalue weighted by Crippen LogP contribution is -2.42. The third kappa shape index (κ3) is 4.20. The number of hydrogen-bond donors (Lipinski definition) is 1. The molecule has 0 aromatic heterocycles. The molecule has 1 saturated heterocycles. The van der Waals surface area contributed by atoms with Crippen LogP contribution in [0.5, 0.6) is 5.75 Å². The maximum atomic E-state index is 10.3. The van der Waals surface area contributed by atoms with E-state index in [1.165, 1.54) is 0 Å². The minimum atomic E-state index is -0.457. The molecule has 0 bridgehead atoms. The average molecular weight is 265 g/mol. The standard InChI is InChI=1S/C15H23NO3/c1-3-18-14-6-4-13(5-7-14)15(17)11-16-8-9-19-12(2)10-16/h4-7,12,15,17H,3,8-11H2,1-2H3. The van der Waals surface area contributed by atoms with Gasteiger partial charge in [0, 0.05) is 19.6 Å². The molecule has 1 aliphatic heterocycles. The average Bonchev–Trinajstić information content (AvgIpc) is 2.40. The van der Waals surface area contributed by atoms with Gasteiger partial charge in [0.15, 0.2) is 0 Å². The Labute approximate surface area is 114 Å². The minimum Gasteiger partial charge on any atom is -0.494 e. The van der Waals surface area contributed by atoms with Crippen LogP contribution in [0.25, 0.3) is 0 Å². The van der Waals surface area contributed by atoms with E-state index in [9.17, 15) is 5.11 Å². The van der Waals surface area contributed by atoms with E-state index < -0.39 is 6.10 Å². The van der Waals surface area contributed by atoms with Gasteiger partial charge in [-0.1, -0.05) is 12.1 Å². The van der Waals surface area contributed by atoms with E-state index in [2.05, 4.69) is 11.8 Å². The molecule has 19 heavy (non-hydrogen) atoms. The van der Waals surface area contributed by atoms with E-state index in [-0.39, 0.29) is 6.10 Å². The Morgan fingerprint density at radius 1 is 1.42 bits per heavy atom. The minimum absolute atomic E-state index is 0.251. The summed E-state index contributed by atoms with van der Waals surface area (Å²) in [5.74, 6) is 0.846. The van der Waals surface area contributed by atoms with Crippen LogP contribution in [0.1, 0.15) is 25.5 Å². The SMILES string of the molecule is CCOc1ccc(C(O)CN2CCOC(C)C2)cc1. The summed E-state index contributed by atoms with van der Waals surface area (Å²) < 4.78 is 10.9. The van der Waals surface area contributed by atoms with Crippen LogP contribution in [0.2, 0.25) is 0 Å². The highest BCUT2D eigenvalue weighted by molar-refractivity contribution is 5.28. The number of ether oxygens (including phenoxy) is 2. The third-order valence-electron chi connectivity index (χ3n) is 3.33. The first kappa shape index (κ1) is 14.3. The summed E-state index contributed by atoms with van der Waals surface area (Å²) in [6, 6.07) is 7.67. The zero-order valence-corrected chi connectivity index (χ0v) is 11.7. The zero-order chi connectivity index (χ0) is 13.7. The van der Waals surface area contributed by atoms with E-state index in [1.807, 2.05) is 31.2 Å². The van der Waals surface area contributed by atoms with Gasteiger partial charge in [0.2, 0.25) is 0 Å². The zero-order valence-electron chi connectivity index (χ0n) is 11.7. The van der Waals surface area contributed by atoms with Crippen molar-refractivity contribution in [3.8, 4) is 5.75 Å². The van der Waals surface area contributed by atoms with Gasteiger partial charge >= 0.3 is 0 Å². The van der Waals surface area contributed by atoms with Crippen molar-refractivity contribution in [3.05, 3.63) is 29.8 Å². The van der Waals surface area contributed by atoms with Crippen molar-refractivity contribution in [2.24, 2.45) is 0 Å². The smallest absolute Gasteiger partial charge is 0.119 e. The fourth-order valence-corrected chi connectivity index (χ4v) is 2.36. The Morgan fingerprint density at radius 3 is 2.79 bits per heavy atom. The molecule has 2 unspecified atom stereocenters. The van der Waals surface area contributed by atoms with Gasteiger partial charge in [0.1, 0.15) is 5.75 Å². The summed E-state index contributed by atoms with van der Waals surface area (Å²) in [5, 5.41) is 10.3. The van der Waals surface area contributed by atoms with Crippen LogP contribution < -0.4 is 4.74 Å².